The molecule has 0 aromatic carbocycles. The summed E-state index contributed by atoms with van der Waals surface area (Å²) in [6, 6.07) is 0. The molecule has 2 amide bonds. The Bertz CT molecular complexity index is 478. The van der Waals surface area contributed by atoms with Crippen LogP contribution in [0.15, 0.2) is 23.3 Å². The molecule has 0 fully saturated rings. The van der Waals surface area contributed by atoms with E-state index in [-0.39, 0.29) is 13.2 Å². The third-order valence-corrected chi connectivity index (χ3v) is 2.62. The number of rotatable bonds is 5. The molecule has 0 spiro atoms. The highest BCUT2D eigenvalue weighted by Gasteiger charge is 2.32. The zero-order valence-electron chi connectivity index (χ0n) is 10.5. The average Bonchev–Trinajstić information content (AvgIpc) is 2.53. The van der Waals surface area contributed by atoms with Crippen LogP contribution in [0, 0.1) is 0 Å². The minimum absolute atomic E-state index is 0.0565. The standard InChI is InChI=1S/C12H13NO6/c1-7-8(2)12(18)13(11(7)17)5-6-19-10(16)4-3-9(14)15/h3-4H,5-6H2,1-2H3,(H,14,15)/b4-3-. The van der Waals surface area contributed by atoms with E-state index in [1.807, 2.05) is 0 Å². The minimum atomic E-state index is -1.27. The summed E-state index contributed by atoms with van der Waals surface area (Å²) in [6.45, 7) is 2.87. The van der Waals surface area contributed by atoms with E-state index < -0.39 is 23.8 Å². The van der Waals surface area contributed by atoms with Gasteiger partial charge in [0.05, 0.1) is 6.54 Å². The fourth-order valence-corrected chi connectivity index (χ4v) is 1.45. The van der Waals surface area contributed by atoms with Crippen LogP contribution in [0.2, 0.25) is 0 Å². The van der Waals surface area contributed by atoms with Gasteiger partial charge >= 0.3 is 11.9 Å². The van der Waals surface area contributed by atoms with Crippen molar-refractivity contribution in [1.29, 1.82) is 0 Å². The van der Waals surface area contributed by atoms with Gasteiger partial charge in [-0.15, -0.1) is 0 Å². The van der Waals surface area contributed by atoms with E-state index in [9.17, 15) is 19.2 Å². The maximum absolute atomic E-state index is 11.6. The van der Waals surface area contributed by atoms with E-state index in [2.05, 4.69) is 4.74 Å². The summed E-state index contributed by atoms with van der Waals surface area (Å²) in [5.74, 6) is -2.92. The molecule has 1 aliphatic heterocycles. The number of carbonyl (C=O) groups excluding carboxylic acids is 3. The molecule has 7 nitrogen and oxygen atoms in total. The zero-order chi connectivity index (χ0) is 14.6. The van der Waals surface area contributed by atoms with Gasteiger partial charge in [-0.3, -0.25) is 14.5 Å². The fourth-order valence-electron chi connectivity index (χ4n) is 1.45. The molecule has 0 saturated carbocycles. The lowest BCUT2D eigenvalue weighted by Gasteiger charge is -2.14. The molecule has 0 atom stereocenters. The van der Waals surface area contributed by atoms with Gasteiger partial charge in [0, 0.05) is 23.3 Å². The van der Waals surface area contributed by atoms with Crippen LogP contribution in [-0.2, 0) is 23.9 Å². The average molecular weight is 267 g/mol. The fraction of sp³-hybridized carbons (Fsp3) is 0.333. The van der Waals surface area contributed by atoms with Crippen LogP contribution in [0.1, 0.15) is 13.8 Å². The normalized spacial score (nSPS) is 15.6. The van der Waals surface area contributed by atoms with E-state index in [1.165, 1.54) is 0 Å². The first-order valence-corrected chi connectivity index (χ1v) is 5.46. The van der Waals surface area contributed by atoms with Crippen LogP contribution in [-0.4, -0.2) is 46.9 Å². The molecule has 0 saturated heterocycles. The third kappa shape index (κ3) is 3.51. The Balaban J connectivity index is 2.44. The Morgan fingerprint density at radius 1 is 1.16 bits per heavy atom. The molecule has 0 aliphatic carbocycles. The van der Waals surface area contributed by atoms with Crippen LogP contribution in [0.3, 0.4) is 0 Å². The summed E-state index contributed by atoms with van der Waals surface area (Å²) in [4.78, 5) is 45.4. The number of carboxylic acids is 1. The summed E-state index contributed by atoms with van der Waals surface area (Å²) >= 11 is 0. The second kappa shape index (κ2) is 5.94. The largest absolute Gasteiger partial charge is 0.478 e. The van der Waals surface area contributed by atoms with E-state index in [0.29, 0.717) is 17.2 Å². The number of hydrogen-bond donors (Lipinski definition) is 1. The van der Waals surface area contributed by atoms with Gasteiger partial charge in [-0.25, -0.2) is 9.59 Å². The summed E-state index contributed by atoms with van der Waals surface area (Å²) in [5, 5.41) is 8.29. The highest BCUT2D eigenvalue weighted by Crippen LogP contribution is 2.18. The van der Waals surface area contributed by atoms with Crippen LogP contribution < -0.4 is 0 Å². The summed E-state index contributed by atoms with van der Waals surface area (Å²) in [6.07, 6.45) is 1.40. The highest BCUT2D eigenvalue weighted by molar-refractivity contribution is 6.18. The first-order chi connectivity index (χ1) is 8.84. The zero-order valence-corrected chi connectivity index (χ0v) is 10.5. The molecular formula is C12H13NO6. The van der Waals surface area contributed by atoms with Crippen molar-refractivity contribution in [2.24, 2.45) is 0 Å². The molecule has 0 bridgehead atoms. The van der Waals surface area contributed by atoms with Gasteiger partial charge in [0.15, 0.2) is 0 Å². The van der Waals surface area contributed by atoms with Crippen LogP contribution in [0.5, 0.6) is 0 Å². The predicted molar refractivity (Wildman–Crippen MR) is 62.8 cm³/mol. The second-order valence-corrected chi connectivity index (χ2v) is 3.85. The number of carbonyl (C=O) groups is 4. The first kappa shape index (κ1) is 14.6. The number of esters is 1. The number of carboxylic acid groups (broad SMARTS) is 1. The van der Waals surface area contributed by atoms with E-state index >= 15 is 0 Å². The third-order valence-electron chi connectivity index (χ3n) is 2.62. The van der Waals surface area contributed by atoms with Gasteiger partial charge < -0.3 is 9.84 Å². The Kier molecular flexibility index (Phi) is 4.57. The lowest BCUT2D eigenvalue weighted by molar-refractivity contribution is -0.144. The van der Waals surface area contributed by atoms with Crippen molar-refractivity contribution in [1.82, 2.24) is 4.90 Å². The number of nitrogens with zero attached hydrogens (tertiary/aromatic N) is 1. The maximum Gasteiger partial charge on any atom is 0.331 e. The second-order valence-electron chi connectivity index (χ2n) is 3.85. The van der Waals surface area contributed by atoms with Crippen molar-refractivity contribution in [3.8, 4) is 0 Å². The SMILES string of the molecule is CC1=C(C)C(=O)N(CCOC(=O)/C=C\C(=O)O)C1=O. The Labute approximate surface area is 109 Å². The van der Waals surface area contributed by atoms with Crippen LogP contribution in [0.4, 0.5) is 0 Å². The van der Waals surface area contributed by atoms with Gasteiger partial charge in [0.1, 0.15) is 6.61 Å². The highest BCUT2D eigenvalue weighted by atomic mass is 16.5. The van der Waals surface area contributed by atoms with E-state index in [4.69, 9.17) is 5.11 Å². The van der Waals surface area contributed by atoms with Crippen molar-refractivity contribution in [2.75, 3.05) is 13.2 Å². The van der Waals surface area contributed by atoms with Crippen LogP contribution >= 0.6 is 0 Å². The van der Waals surface area contributed by atoms with Gasteiger partial charge in [0.25, 0.3) is 11.8 Å². The molecule has 19 heavy (non-hydrogen) atoms. The number of ether oxygens (including phenoxy) is 1. The molecule has 1 N–H and O–H groups in total. The van der Waals surface area contributed by atoms with E-state index in [1.54, 1.807) is 13.8 Å². The van der Waals surface area contributed by atoms with Gasteiger partial charge in [0.2, 0.25) is 0 Å². The molecule has 0 unspecified atom stereocenters. The molecule has 7 heteroatoms. The topological polar surface area (TPSA) is 101 Å². The molecule has 1 rings (SSSR count). The van der Waals surface area contributed by atoms with Crippen molar-refractivity contribution < 1.29 is 29.0 Å². The molecule has 102 valence electrons. The summed E-state index contributed by atoms with van der Waals surface area (Å²) < 4.78 is 4.67. The van der Waals surface area contributed by atoms with Crippen molar-refractivity contribution in [3.63, 3.8) is 0 Å². The molecule has 0 radical (unpaired) electrons. The van der Waals surface area contributed by atoms with E-state index in [0.717, 1.165) is 11.0 Å². The minimum Gasteiger partial charge on any atom is -0.478 e. The molecule has 1 heterocycles. The smallest absolute Gasteiger partial charge is 0.331 e. The predicted octanol–water partition coefficient (Wildman–Crippen LogP) is -0.124. The maximum atomic E-state index is 11.6. The van der Waals surface area contributed by atoms with Crippen molar-refractivity contribution >= 4 is 23.8 Å². The van der Waals surface area contributed by atoms with Gasteiger partial charge in [-0.05, 0) is 13.8 Å². The number of imide groups is 1. The lowest BCUT2D eigenvalue weighted by Crippen LogP contribution is -2.34. The molecular weight excluding hydrogens is 254 g/mol. The molecule has 0 aromatic heterocycles. The molecule has 1 aliphatic rings. The lowest BCUT2D eigenvalue weighted by atomic mass is 10.2. The quantitative estimate of drug-likeness (QED) is 0.423. The van der Waals surface area contributed by atoms with Crippen molar-refractivity contribution in [2.45, 2.75) is 13.8 Å². The number of amides is 2. The Morgan fingerprint density at radius 3 is 2.16 bits per heavy atom. The van der Waals surface area contributed by atoms with Gasteiger partial charge in [-0.1, -0.05) is 0 Å². The summed E-state index contributed by atoms with van der Waals surface area (Å²) in [7, 11) is 0. The number of hydrogen-bond acceptors (Lipinski definition) is 5. The van der Waals surface area contributed by atoms with Gasteiger partial charge in [-0.2, -0.15) is 0 Å². The molecule has 0 aromatic rings. The monoisotopic (exact) mass is 267 g/mol. The van der Waals surface area contributed by atoms with Crippen LogP contribution in [0.25, 0.3) is 0 Å². The summed E-state index contributed by atoms with van der Waals surface area (Å²) in [5.41, 5.74) is 0.754. The number of aliphatic carboxylic acids is 1. The van der Waals surface area contributed by atoms with Crippen molar-refractivity contribution in [3.05, 3.63) is 23.3 Å². The Morgan fingerprint density at radius 2 is 1.68 bits per heavy atom. The first-order valence-electron chi connectivity index (χ1n) is 5.46. The Hall–Kier alpha value is -2.44.